The second-order valence-electron chi connectivity index (χ2n) is 8.41. The molecule has 5 rings (SSSR count). The van der Waals surface area contributed by atoms with E-state index >= 15 is 0 Å². The van der Waals surface area contributed by atoms with Crippen molar-refractivity contribution in [2.45, 2.75) is 19.3 Å². The molecule has 38 heavy (non-hydrogen) atoms. The van der Waals surface area contributed by atoms with Gasteiger partial charge in [-0.05, 0) is 30.7 Å². The van der Waals surface area contributed by atoms with Crippen LogP contribution in [0, 0.1) is 11.3 Å². The first-order chi connectivity index (χ1) is 18.3. The zero-order chi connectivity index (χ0) is 27.0. The zero-order valence-corrected chi connectivity index (χ0v) is 23.0. The molecule has 0 spiro atoms. The van der Waals surface area contributed by atoms with Gasteiger partial charge >= 0.3 is 5.97 Å². The Morgan fingerprint density at radius 2 is 1.92 bits per heavy atom. The standard InChI is InChI=1S/C28H19Cl3N2O4S/c1-2-9-35-20-6-4-3-5-16(20)23-17-8-7-15(12-21(17)37-27(33)18(23)13-32)36-28(34)26-25(31)24-19(30)10-14(29)11-22(24)38-26/h3-8,10-12,23H,2,9,33H2,1H3. The molecule has 2 N–H and O–H groups in total. The molecule has 1 unspecified atom stereocenters. The van der Waals surface area contributed by atoms with Crippen molar-refractivity contribution in [3.05, 3.63) is 97.1 Å². The molecule has 6 nitrogen and oxygen atoms in total. The molecule has 1 aromatic heterocycles. The summed E-state index contributed by atoms with van der Waals surface area (Å²) in [7, 11) is 0. The molecule has 1 atom stereocenters. The van der Waals surface area contributed by atoms with E-state index in [1.165, 1.54) is 0 Å². The second kappa shape index (κ2) is 10.8. The molecule has 0 aliphatic carbocycles. The Balaban J connectivity index is 1.50. The molecule has 10 heteroatoms. The molecule has 0 radical (unpaired) electrons. The maximum atomic E-state index is 13.1. The van der Waals surface area contributed by atoms with Crippen molar-refractivity contribution in [2.24, 2.45) is 5.73 Å². The van der Waals surface area contributed by atoms with Gasteiger partial charge in [0.05, 0.1) is 22.6 Å². The SMILES string of the molecule is CCCOc1ccccc1C1C(C#N)=C(N)Oc2cc(OC(=O)c3sc4cc(Cl)cc(Cl)c4c3Cl)ccc21. The highest BCUT2D eigenvalue weighted by Crippen LogP contribution is 2.46. The molecule has 0 fully saturated rings. The van der Waals surface area contributed by atoms with Gasteiger partial charge in [-0.15, -0.1) is 11.3 Å². The fourth-order valence-corrected chi connectivity index (χ4v) is 6.52. The van der Waals surface area contributed by atoms with Gasteiger partial charge in [-0.25, -0.2) is 4.79 Å². The average molecular weight is 586 g/mol. The lowest BCUT2D eigenvalue weighted by Gasteiger charge is -2.28. The number of halogens is 3. The van der Waals surface area contributed by atoms with Crippen molar-refractivity contribution in [3.8, 4) is 23.3 Å². The molecule has 3 aromatic carbocycles. The van der Waals surface area contributed by atoms with Gasteiger partial charge in [0.15, 0.2) is 0 Å². The van der Waals surface area contributed by atoms with Crippen molar-refractivity contribution in [3.63, 3.8) is 0 Å². The van der Waals surface area contributed by atoms with Crippen LogP contribution in [-0.4, -0.2) is 12.6 Å². The molecular weight excluding hydrogens is 567 g/mol. The number of ether oxygens (including phenoxy) is 3. The molecule has 4 aromatic rings. The van der Waals surface area contributed by atoms with Gasteiger partial charge < -0.3 is 19.9 Å². The number of nitrogens with two attached hydrogens (primary N) is 1. The van der Waals surface area contributed by atoms with Crippen LogP contribution in [0.1, 0.15) is 40.1 Å². The van der Waals surface area contributed by atoms with Crippen molar-refractivity contribution >= 4 is 62.2 Å². The Hall–Kier alpha value is -3.41. The Labute approximate surface area is 237 Å². The Morgan fingerprint density at radius 3 is 2.68 bits per heavy atom. The van der Waals surface area contributed by atoms with Crippen LogP contribution in [0.2, 0.25) is 15.1 Å². The van der Waals surface area contributed by atoms with Gasteiger partial charge in [0.1, 0.15) is 33.8 Å². The molecule has 1 aliphatic heterocycles. The van der Waals surface area contributed by atoms with Crippen molar-refractivity contribution in [2.75, 3.05) is 6.61 Å². The van der Waals surface area contributed by atoms with E-state index in [2.05, 4.69) is 6.07 Å². The van der Waals surface area contributed by atoms with Gasteiger partial charge in [-0.3, -0.25) is 0 Å². The fourth-order valence-electron chi connectivity index (χ4n) is 4.28. The number of carbonyl (C=O) groups is 1. The number of hydrogen-bond donors (Lipinski definition) is 1. The van der Waals surface area contributed by atoms with E-state index in [1.807, 2.05) is 31.2 Å². The number of para-hydroxylation sites is 1. The normalized spacial score (nSPS) is 14.6. The van der Waals surface area contributed by atoms with Gasteiger partial charge in [-0.1, -0.05) is 66.0 Å². The summed E-state index contributed by atoms with van der Waals surface area (Å²) in [4.78, 5) is 13.2. The van der Waals surface area contributed by atoms with Crippen LogP contribution in [0.15, 0.2) is 66.1 Å². The van der Waals surface area contributed by atoms with Gasteiger partial charge in [-0.2, -0.15) is 5.26 Å². The van der Waals surface area contributed by atoms with Crippen molar-refractivity contribution < 1.29 is 19.0 Å². The predicted molar refractivity (Wildman–Crippen MR) is 150 cm³/mol. The van der Waals surface area contributed by atoms with E-state index in [9.17, 15) is 10.1 Å². The number of allylic oxidation sites excluding steroid dienone is 1. The van der Waals surface area contributed by atoms with E-state index in [1.54, 1.807) is 30.3 Å². The van der Waals surface area contributed by atoms with E-state index in [0.717, 1.165) is 23.3 Å². The lowest BCUT2D eigenvalue weighted by molar-refractivity contribution is 0.0740. The number of esters is 1. The van der Waals surface area contributed by atoms with Crippen LogP contribution in [0.25, 0.3) is 10.1 Å². The van der Waals surface area contributed by atoms with Crippen LogP contribution < -0.4 is 19.9 Å². The summed E-state index contributed by atoms with van der Waals surface area (Å²) in [5, 5.41) is 11.4. The predicted octanol–water partition coefficient (Wildman–Crippen LogP) is 8.09. The van der Waals surface area contributed by atoms with Crippen LogP contribution in [0.4, 0.5) is 0 Å². The number of thiophene rings is 1. The smallest absolute Gasteiger partial charge is 0.355 e. The number of nitrogens with zero attached hydrogens (tertiary/aromatic N) is 1. The molecule has 0 saturated heterocycles. The minimum absolute atomic E-state index is 0.0298. The van der Waals surface area contributed by atoms with Crippen LogP contribution in [0.3, 0.4) is 0 Å². The van der Waals surface area contributed by atoms with E-state index < -0.39 is 11.9 Å². The number of carbonyl (C=O) groups excluding carboxylic acids is 1. The first kappa shape index (κ1) is 26.2. The Morgan fingerprint density at radius 1 is 1.13 bits per heavy atom. The summed E-state index contributed by atoms with van der Waals surface area (Å²) in [6, 6.07) is 17.9. The summed E-state index contributed by atoms with van der Waals surface area (Å²) >= 11 is 20.0. The quantitative estimate of drug-likeness (QED) is 0.181. The number of nitriles is 1. The van der Waals surface area contributed by atoms with Crippen LogP contribution in [-0.2, 0) is 0 Å². The first-order valence-corrected chi connectivity index (χ1v) is 13.5. The molecule has 0 saturated carbocycles. The summed E-state index contributed by atoms with van der Waals surface area (Å²) in [6.07, 6.45) is 0.833. The topological polar surface area (TPSA) is 94.6 Å². The average Bonchev–Trinajstić information content (AvgIpc) is 3.23. The largest absolute Gasteiger partial charge is 0.493 e. The first-order valence-electron chi connectivity index (χ1n) is 11.5. The van der Waals surface area contributed by atoms with Crippen LogP contribution in [0.5, 0.6) is 17.2 Å². The maximum Gasteiger partial charge on any atom is 0.355 e. The highest BCUT2D eigenvalue weighted by molar-refractivity contribution is 7.21. The molecule has 0 amide bonds. The monoisotopic (exact) mass is 584 g/mol. The number of rotatable bonds is 6. The molecule has 1 aliphatic rings. The lowest BCUT2D eigenvalue weighted by Crippen LogP contribution is -2.21. The highest BCUT2D eigenvalue weighted by atomic mass is 35.5. The van der Waals surface area contributed by atoms with Crippen molar-refractivity contribution in [1.82, 2.24) is 0 Å². The lowest BCUT2D eigenvalue weighted by atomic mass is 9.83. The third kappa shape index (κ3) is 4.77. The second-order valence-corrected chi connectivity index (χ2v) is 10.7. The molecule has 2 heterocycles. The van der Waals surface area contributed by atoms with E-state index in [0.29, 0.717) is 43.8 Å². The fraction of sp³-hybridized carbons (Fsp3) is 0.143. The summed E-state index contributed by atoms with van der Waals surface area (Å²) in [5.74, 6) is 0.0215. The third-order valence-electron chi connectivity index (χ3n) is 5.93. The van der Waals surface area contributed by atoms with Crippen molar-refractivity contribution in [1.29, 1.82) is 5.26 Å². The Bertz CT molecular complexity index is 1660. The van der Waals surface area contributed by atoms with Gasteiger partial charge in [0.2, 0.25) is 5.88 Å². The zero-order valence-electron chi connectivity index (χ0n) is 19.9. The van der Waals surface area contributed by atoms with E-state index in [-0.39, 0.29) is 27.1 Å². The summed E-state index contributed by atoms with van der Waals surface area (Å²) < 4.78 is 18.0. The van der Waals surface area contributed by atoms with Gasteiger partial charge in [0.25, 0.3) is 0 Å². The third-order valence-corrected chi connectivity index (χ3v) is 8.05. The number of hydrogen-bond acceptors (Lipinski definition) is 7. The minimum Gasteiger partial charge on any atom is -0.493 e. The highest BCUT2D eigenvalue weighted by Gasteiger charge is 2.33. The summed E-state index contributed by atoms with van der Waals surface area (Å²) in [5.41, 5.74) is 7.89. The molecule has 0 bridgehead atoms. The number of benzene rings is 3. The minimum atomic E-state index is -0.657. The maximum absolute atomic E-state index is 13.1. The molecular formula is C28H19Cl3N2O4S. The molecule has 192 valence electrons. The van der Waals surface area contributed by atoms with E-state index in [4.69, 9.17) is 54.7 Å². The summed E-state index contributed by atoms with van der Waals surface area (Å²) in [6.45, 7) is 2.55. The number of fused-ring (bicyclic) bond motifs is 2. The van der Waals surface area contributed by atoms with Gasteiger partial charge in [0, 0.05) is 32.3 Å². The Kier molecular flexibility index (Phi) is 7.42. The van der Waals surface area contributed by atoms with Crippen LogP contribution >= 0.6 is 46.1 Å².